The van der Waals surface area contributed by atoms with Crippen LogP contribution in [0.4, 0.5) is 5.82 Å². The Hall–Kier alpha value is -2.68. The predicted octanol–water partition coefficient (Wildman–Crippen LogP) is 4.08. The molecule has 8 nitrogen and oxygen atoms in total. The summed E-state index contributed by atoms with van der Waals surface area (Å²) in [6.45, 7) is 4.80. The second kappa shape index (κ2) is 14.5. The summed E-state index contributed by atoms with van der Waals surface area (Å²) in [6, 6.07) is 12.5. The van der Waals surface area contributed by atoms with Crippen LogP contribution in [0.5, 0.6) is 5.75 Å². The average molecular weight is 526 g/mol. The van der Waals surface area contributed by atoms with Crippen molar-refractivity contribution >= 4 is 11.8 Å². The van der Waals surface area contributed by atoms with Gasteiger partial charge in [-0.3, -0.25) is 4.79 Å². The zero-order valence-corrected chi connectivity index (χ0v) is 23.1. The molecule has 0 aliphatic carbocycles. The van der Waals surface area contributed by atoms with E-state index in [4.69, 9.17) is 23.9 Å². The number of carbonyl (C=O) groups is 1. The number of pyridine rings is 1. The van der Waals surface area contributed by atoms with Crippen molar-refractivity contribution in [2.45, 2.75) is 50.5 Å². The Morgan fingerprint density at radius 1 is 1.16 bits per heavy atom. The Balaban J connectivity index is 1.35. The van der Waals surface area contributed by atoms with E-state index in [0.29, 0.717) is 25.6 Å². The highest BCUT2D eigenvalue weighted by atomic mass is 16.6. The fourth-order valence-corrected chi connectivity index (χ4v) is 5.58. The van der Waals surface area contributed by atoms with Gasteiger partial charge in [0.15, 0.2) is 0 Å². The Morgan fingerprint density at radius 2 is 2.00 bits per heavy atom. The van der Waals surface area contributed by atoms with Crippen molar-refractivity contribution in [2.75, 3.05) is 66.0 Å². The first-order valence-electron chi connectivity index (χ1n) is 13.8. The maximum absolute atomic E-state index is 12.3. The molecule has 4 rings (SSSR count). The van der Waals surface area contributed by atoms with E-state index in [0.717, 1.165) is 62.6 Å². The topological polar surface area (TPSA) is 82.2 Å². The van der Waals surface area contributed by atoms with Gasteiger partial charge in [0.05, 0.1) is 26.7 Å². The van der Waals surface area contributed by atoms with Crippen molar-refractivity contribution in [3.8, 4) is 5.75 Å². The van der Waals surface area contributed by atoms with Crippen molar-refractivity contribution in [1.29, 1.82) is 0 Å². The molecule has 0 amide bonds. The van der Waals surface area contributed by atoms with Crippen LogP contribution in [0, 0.1) is 5.92 Å². The summed E-state index contributed by atoms with van der Waals surface area (Å²) >= 11 is 0. The number of esters is 1. The van der Waals surface area contributed by atoms with Gasteiger partial charge in [-0.15, -0.1) is 0 Å². The summed E-state index contributed by atoms with van der Waals surface area (Å²) in [4.78, 5) is 19.7. The smallest absolute Gasteiger partial charge is 0.306 e. The first-order chi connectivity index (χ1) is 18.6. The van der Waals surface area contributed by atoms with Crippen LogP contribution in [0.15, 0.2) is 36.4 Å². The summed E-state index contributed by atoms with van der Waals surface area (Å²) in [5, 5.41) is 3.44. The van der Waals surface area contributed by atoms with Gasteiger partial charge in [-0.25, -0.2) is 4.98 Å². The lowest BCUT2D eigenvalue weighted by Gasteiger charge is -2.25. The van der Waals surface area contributed by atoms with Crippen LogP contribution in [-0.4, -0.2) is 82.7 Å². The number of rotatable bonds is 14. The van der Waals surface area contributed by atoms with E-state index in [9.17, 15) is 4.79 Å². The van der Waals surface area contributed by atoms with E-state index in [-0.39, 0.29) is 18.0 Å². The number of likely N-dealkylation sites (tertiary alicyclic amines) is 1. The normalized spacial score (nSPS) is 18.2. The molecule has 1 fully saturated rings. The maximum atomic E-state index is 12.3. The molecule has 1 aromatic heterocycles. The lowest BCUT2D eigenvalue weighted by atomic mass is 9.94. The van der Waals surface area contributed by atoms with Crippen molar-refractivity contribution in [1.82, 2.24) is 9.88 Å². The second-order valence-corrected chi connectivity index (χ2v) is 10.5. The van der Waals surface area contributed by atoms with Gasteiger partial charge in [0.25, 0.3) is 0 Å². The number of fused-ring (bicyclic) bond motifs is 1. The number of carbonyl (C=O) groups excluding carboxylic acids is 1. The molecule has 0 radical (unpaired) electrons. The second-order valence-electron chi connectivity index (χ2n) is 10.5. The molecule has 2 aromatic rings. The van der Waals surface area contributed by atoms with Crippen molar-refractivity contribution in [3.05, 3.63) is 53.2 Å². The van der Waals surface area contributed by atoms with Crippen LogP contribution < -0.4 is 10.1 Å². The largest absolute Gasteiger partial charge is 0.486 e. The molecule has 3 heterocycles. The minimum atomic E-state index is -0.195. The summed E-state index contributed by atoms with van der Waals surface area (Å²) in [7, 11) is 4.76. The summed E-state index contributed by atoms with van der Waals surface area (Å²) < 4.78 is 21.7. The Morgan fingerprint density at radius 3 is 2.79 bits per heavy atom. The van der Waals surface area contributed by atoms with Gasteiger partial charge in [-0.2, -0.15) is 0 Å². The molecular formula is C30H43N3O5. The molecule has 2 aliphatic rings. The number of benzene rings is 1. The molecule has 8 heteroatoms. The SMILES string of the molecule is COCC(COC)Oc1cccc(C(CC(=O)OC)CN2CC[C@@H](CCc3ccc4c(n3)NCCC4)C2)c1. The van der Waals surface area contributed by atoms with Crippen molar-refractivity contribution < 1.29 is 23.7 Å². The Labute approximate surface area is 227 Å². The van der Waals surface area contributed by atoms with Gasteiger partial charge in [0.1, 0.15) is 17.7 Å². The van der Waals surface area contributed by atoms with Gasteiger partial charge in [0.2, 0.25) is 0 Å². The first-order valence-corrected chi connectivity index (χ1v) is 13.8. The fourth-order valence-electron chi connectivity index (χ4n) is 5.58. The number of nitrogens with zero attached hydrogens (tertiary/aromatic N) is 2. The van der Waals surface area contributed by atoms with Gasteiger partial charge in [-0.05, 0) is 73.9 Å². The molecule has 1 unspecified atom stereocenters. The van der Waals surface area contributed by atoms with Crippen molar-refractivity contribution in [3.63, 3.8) is 0 Å². The summed E-state index contributed by atoms with van der Waals surface area (Å²) in [5.41, 5.74) is 3.60. The van der Waals surface area contributed by atoms with E-state index in [1.807, 2.05) is 18.2 Å². The van der Waals surface area contributed by atoms with E-state index < -0.39 is 0 Å². The average Bonchev–Trinajstić information content (AvgIpc) is 3.39. The number of nitrogens with one attached hydrogen (secondary N) is 1. The number of aryl methyl sites for hydroxylation is 2. The van der Waals surface area contributed by atoms with Gasteiger partial charge in [0, 0.05) is 45.5 Å². The highest BCUT2D eigenvalue weighted by Gasteiger charge is 2.27. The highest BCUT2D eigenvalue weighted by molar-refractivity contribution is 5.70. The number of hydrogen-bond donors (Lipinski definition) is 1. The zero-order valence-electron chi connectivity index (χ0n) is 23.1. The van der Waals surface area contributed by atoms with Gasteiger partial charge in [-0.1, -0.05) is 18.2 Å². The molecule has 2 aliphatic heterocycles. The molecular weight excluding hydrogens is 482 g/mol. The van der Waals surface area contributed by atoms with Gasteiger partial charge >= 0.3 is 5.97 Å². The van der Waals surface area contributed by atoms with Crippen LogP contribution in [0.1, 0.15) is 48.4 Å². The lowest BCUT2D eigenvalue weighted by molar-refractivity contribution is -0.141. The molecule has 0 saturated carbocycles. The van der Waals surface area contributed by atoms with E-state index in [2.05, 4.69) is 28.4 Å². The number of hydrogen-bond acceptors (Lipinski definition) is 8. The van der Waals surface area contributed by atoms with Crippen LogP contribution in [0.25, 0.3) is 0 Å². The minimum Gasteiger partial charge on any atom is -0.486 e. The molecule has 38 heavy (non-hydrogen) atoms. The van der Waals surface area contributed by atoms with E-state index in [1.165, 1.54) is 31.2 Å². The monoisotopic (exact) mass is 525 g/mol. The number of anilines is 1. The lowest BCUT2D eigenvalue weighted by Crippen LogP contribution is -2.29. The summed E-state index contributed by atoms with van der Waals surface area (Å²) in [6.07, 6.45) is 5.76. The van der Waals surface area contributed by atoms with E-state index >= 15 is 0 Å². The first kappa shape index (κ1) is 28.3. The number of methoxy groups -OCH3 is 3. The molecule has 0 spiro atoms. The molecule has 1 aromatic carbocycles. The molecule has 1 N–H and O–H groups in total. The summed E-state index contributed by atoms with van der Waals surface area (Å²) in [5.74, 6) is 2.30. The number of ether oxygens (including phenoxy) is 4. The predicted molar refractivity (Wildman–Crippen MR) is 148 cm³/mol. The third-order valence-corrected chi connectivity index (χ3v) is 7.59. The van der Waals surface area contributed by atoms with E-state index in [1.54, 1.807) is 14.2 Å². The van der Waals surface area contributed by atoms with Crippen LogP contribution >= 0.6 is 0 Å². The molecule has 208 valence electrons. The molecule has 2 atom stereocenters. The third kappa shape index (κ3) is 8.16. The molecule has 0 bridgehead atoms. The quantitative estimate of drug-likeness (QED) is 0.370. The fraction of sp³-hybridized carbons (Fsp3) is 0.600. The Bertz CT molecular complexity index is 1030. The minimum absolute atomic E-state index is 0.0291. The number of aromatic nitrogens is 1. The van der Waals surface area contributed by atoms with Crippen LogP contribution in [0.2, 0.25) is 0 Å². The van der Waals surface area contributed by atoms with Crippen LogP contribution in [-0.2, 0) is 31.8 Å². The van der Waals surface area contributed by atoms with Crippen molar-refractivity contribution in [2.24, 2.45) is 5.92 Å². The molecule has 1 saturated heterocycles. The van der Waals surface area contributed by atoms with Crippen LogP contribution in [0.3, 0.4) is 0 Å². The standard InChI is InChI=1S/C30H43N3O5/c1-35-20-28(21-36-2)38-27-8-4-6-24(16-27)25(17-29(34)37-3)19-33-15-13-22(18-33)9-11-26-12-10-23-7-5-14-31-30(23)32-26/h4,6,8,10,12,16,22,25,28H,5,7,9,11,13-15,17-21H2,1-3H3,(H,31,32)/t22-,25?/m1/s1. The highest BCUT2D eigenvalue weighted by Crippen LogP contribution is 2.30. The van der Waals surface area contributed by atoms with Gasteiger partial charge < -0.3 is 29.2 Å². The zero-order chi connectivity index (χ0) is 26.7. The third-order valence-electron chi connectivity index (χ3n) is 7.59. The maximum Gasteiger partial charge on any atom is 0.306 e. The Kier molecular flexibility index (Phi) is 10.8.